The minimum atomic E-state index is -0.275. The van der Waals surface area contributed by atoms with Gasteiger partial charge in [-0.3, -0.25) is 4.79 Å². The minimum Gasteiger partial charge on any atom is -0.355 e. The van der Waals surface area contributed by atoms with E-state index in [-0.39, 0.29) is 48.1 Å². The summed E-state index contributed by atoms with van der Waals surface area (Å²) in [5.74, 6) is -0.235. The number of nitrogens with zero attached hydrogens (tertiary/aromatic N) is 1. The number of hydrogen-bond acceptors (Lipinski definition) is 3. The molecule has 134 valence electrons. The lowest BCUT2D eigenvalue weighted by molar-refractivity contribution is -0.125. The first-order chi connectivity index (χ1) is 9.73. The number of benzene rings is 1. The lowest BCUT2D eigenvalue weighted by Crippen LogP contribution is -2.43. The summed E-state index contributed by atoms with van der Waals surface area (Å²) in [5, 5.41) is 3.03. The van der Waals surface area contributed by atoms with Crippen LogP contribution in [-0.4, -0.2) is 38.0 Å². The largest absolute Gasteiger partial charge is 0.355 e. The SMILES string of the molecule is CC(C(=O)NCC(C)(C)CN(C)C)C(N)c1ccccc1.Cl.Cl. The molecule has 1 aromatic rings. The Bertz CT molecular complexity index is 452. The molecular formula is C17H31Cl2N3O. The van der Waals surface area contributed by atoms with E-state index in [4.69, 9.17) is 5.73 Å². The Hall–Kier alpha value is -0.810. The molecule has 0 saturated carbocycles. The molecule has 0 aliphatic heterocycles. The Morgan fingerprint density at radius 3 is 2.22 bits per heavy atom. The standard InChI is InChI=1S/C17H29N3O.2ClH/c1-13(15(18)14-9-7-6-8-10-14)16(21)19-11-17(2,3)12-20(4)5;;/h6-10,13,15H,11-12,18H2,1-5H3,(H,19,21);2*1H. The maximum absolute atomic E-state index is 12.3. The fraction of sp³-hybridized carbons (Fsp3) is 0.588. The molecule has 2 atom stereocenters. The Morgan fingerprint density at radius 1 is 1.22 bits per heavy atom. The van der Waals surface area contributed by atoms with E-state index in [2.05, 4.69) is 24.1 Å². The molecule has 0 fully saturated rings. The van der Waals surface area contributed by atoms with Crippen molar-refractivity contribution in [2.75, 3.05) is 27.2 Å². The van der Waals surface area contributed by atoms with Crippen molar-refractivity contribution < 1.29 is 4.79 Å². The number of rotatable bonds is 7. The molecule has 0 aliphatic carbocycles. The van der Waals surface area contributed by atoms with Gasteiger partial charge in [-0.05, 0) is 25.1 Å². The highest BCUT2D eigenvalue weighted by atomic mass is 35.5. The third-order valence-corrected chi connectivity index (χ3v) is 3.62. The zero-order valence-electron chi connectivity index (χ0n) is 14.7. The van der Waals surface area contributed by atoms with Crippen LogP contribution in [0.15, 0.2) is 30.3 Å². The lowest BCUT2D eigenvalue weighted by Gasteiger charge is -2.29. The van der Waals surface area contributed by atoms with Gasteiger partial charge in [-0.1, -0.05) is 51.1 Å². The Morgan fingerprint density at radius 2 is 1.74 bits per heavy atom. The number of halogens is 2. The van der Waals surface area contributed by atoms with Gasteiger partial charge < -0.3 is 16.0 Å². The molecule has 1 rings (SSSR count). The van der Waals surface area contributed by atoms with E-state index in [0.29, 0.717) is 6.54 Å². The van der Waals surface area contributed by atoms with E-state index in [1.807, 2.05) is 51.4 Å². The van der Waals surface area contributed by atoms with Gasteiger partial charge in [0.15, 0.2) is 0 Å². The molecule has 4 nitrogen and oxygen atoms in total. The molecule has 0 bridgehead atoms. The Balaban J connectivity index is 0. The van der Waals surface area contributed by atoms with Crippen LogP contribution in [0, 0.1) is 11.3 Å². The Labute approximate surface area is 153 Å². The summed E-state index contributed by atoms with van der Waals surface area (Å²) in [6.07, 6.45) is 0. The maximum atomic E-state index is 12.3. The molecule has 1 amide bonds. The first-order valence-electron chi connectivity index (χ1n) is 7.46. The second-order valence-corrected chi connectivity index (χ2v) is 6.84. The lowest BCUT2D eigenvalue weighted by atomic mass is 9.91. The first kappa shape index (κ1) is 24.4. The highest BCUT2D eigenvalue weighted by molar-refractivity contribution is 5.85. The number of amides is 1. The monoisotopic (exact) mass is 363 g/mol. The van der Waals surface area contributed by atoms with E-state index < -0.39 is 0 Å². The highest BCUT2D eigenvalue weighted by Crippen LogP contribution is 2.20. The molecule has 0 spiro atoms. The average molecular weight is 364 g/mol. The van der Waals surface area contributed by atoms with Crippen LogP contribution in [0.4, 0.5) is 0 Å². The third-order valence-electron chi connectivity index (χ3n) is 3.62. The van der Waals surface area contributed by atoms with Crippen LogP contribution in [-0.2, 0) is 4.79 Å². The molecule has 0 aliphatic rings. The van der Waals surface area contributed by atoms with Crippen molar-refractivity contribution in [3.63, 3.8) is 0 Å². The predicted molar refractivity (Wildman–Crippen MR) is 102 cm³/mol. The van der Waals surface area contributed by atoms with E-state index >= 15 is 0 Å². The first-order valence-corrected chi connectivity index (χ1v) is 7.46. The summed E-state index contributed by atoms with van der Waals surface area (Å²) in [7, 11) is 4.08. The fourth-order valence-corrected chi connectivity index (χ4v) is 2.53. The molecule has 6 heteroatoms. The van der Waals surface area contributed by atoms with Crippen molar-refractivity contribution in [3.8, 4) is 0 Å². The van der Waals surface area contributed by atoms with E-state index in [0.717, 1.165) is 12.1 Å². The van der Waals surface area contributed by atoms with E-state index in [9.17, 15) is 4.79 Å². The molecule has 0 heterocycles. The van der Waals surface area contributed by atoms with Crippen molar-refractivity contribution in [2.45, 2.75) is 26.8 Å². The second kappa shape index (κ2) is 10.9. The van der Waals surface area contributed by atoms with Crippen molar-refractivity contribution >= 4 is 30.7 Å². The normalized spacial score (nSPS) is 13.5. The number of nitrogens with two attached hydrogens (primary N) is 1. The summed E-state index contributed by atoms with van der Waals surface area (Å²) < 4.78 is 0. The summed E-state index contributed by atoms with van der Waals surface area (Å²) in [6, 6.07) is 9.49. The van der Waals surface area contributed by atoms with Gasteiger partial charge in [0.1, 0.15) is 0 Å². The topological polar surface area (TPSA) is 58.4 Å². The second-order valence-electron chi connectivity index (χ2n) is 6.84. The summed E-state index contributed by atoms with van der Waals surface area (Å²) >= 11 is 0. The molecule has 23 heavy (non-hydrogen) atoms. The minimum absolute atomic E-state index is 0. The van der Waals surface area contributed by atoms with Crippen LogP contribution >= 0.6 is 24.8 Å². The summed E-state index contributed by atoms with van der Waals surface area (Å²) in [6.45, 7) is 7.75. The summed E-state index contributed by atoms with van der Waals surface area (Å²) in [5.41, 5.74) is 7.22. The van der Waals surface area contributed by atoms with Crippen molar-refractivity contribution in [2.24, 2.45) is 17.1 Å². The number of nitrogens with one attached hydrogen (secondary N) is 1. The molecule has 0 radical (unpaired) electrons. The van der Waals surface area contributed by atoms with Gasteiger partial charge >= 0.3 is 0 Å². The van der Waals surface area contributed by atoms with Gasteiger partial charge in [0.2, 0.25) is 5.91 Å². The highest BCUT2D eigenvalue weighted by Gasteiger charge is 2.25. The molecular weight excluding hydrogens is 333 g/mol. The smallest absolute Gasteiger partial charge is 0.224 e. The molecule has 1 aromatic carbocycles. The molecule has 0 aromatic heterocycles. The van der Waals surface area contributed by atoms with Crippen LogP contribution in [0.25, 0.3) is 0 Å². The van der Waals surface area contributed by atoms with Gasteiger partial charge in [0.05, 0.1) is 5.92 Å². The Kier molecular flexibility index (Phi) is 11.6. The molecule has 3 N–H and O–H groups in total. The fourth-order valence-electron chi connectivity index (χ4n) is 2.53. The van der Waals surface area contributed by atoms with Crippen LogP contribution in [0.5, 0.6) is 0 Å². The number of carbonyl (C=O) groups is 1. The van der Waals surface area contributed by atoms with Crippen molar-refractivity contribution in [1.82, 2.24) is 10.2 Å². The average Bonchev–Trinajstić information content (AvgIpc) is 2.43. The van der Waals surface area contributed by atoms with Crippen LogP contribution < -0.4 is 11.1 Å². The van der Waals surface area contributed by atoms with E-state index in [1.54, 1.807) is 0 Å². The van der Waals surface area contributed by atoms with Crippen LogP contribution in [0.2, 0.25) is 0 Å². The molecule has 0 saturated heterocycles. The quantitative estimate of drug-likeness (QED) is 0.782. The van der Waals surface area contributed by atoms with Crippen LogP contribution in [0.3, 0.4) is 0 Å². The zero-order chi connectivity index (χ0) is 16.0. The van der Waals surface area contributed by atoms with Gasteiger partial charge in [-0.25, -0.2) is 0 Å². The van der Waals surface area contributed by atoms with Gasteiger partial charge in [-0.15, -0.1) is 24.8 Å². The van der Waals surface area contributed by atoms with Crippen molar-refractivity contribution in [3.05, 3.63) is 35.9 Å². The predicted octanol–water partition coefficient (Wildman–Crippen LogP) is 2.87. The van der Waals surface area contributed by atoms with E-state index in [1.165, 1.54) is 0 Å². The van der Waals surface area contributed by atoms with Crippen LogP contribution in [0.1, 0.15) is 32.4 Å². The van der Waals surface area contributed by atoms with Gasteiger partial charge in [0.25, 0.3) is 0 Å². The maximum Gasteiger partial charge on any atom is 0.224 e. The number of hydrogen-bond donors (Lipinski definition) is 2. The van der Waals surface area contributed by atoms with Gasteiger partial charge in [0, 0.05) is 19.1 Å². The van der Waals surface area contributed by atoms with Crippen molar-refractivity contribution in [1.29, 1.82) is 0 Å². The number of carbonyl (C=O) groups excluding carboxylic acids is 1. The van der Waals surface area contributed by atoms with Gasteiger partial charge in [-0.2, -0.15) is 0 Å². The molecule has 2 unspecified atom stereocenters. The summed E-state index contributed by atoms with van der Waals surface area (Å²) in [4.78, 5) is 14.4. The third kappa shape index (κ3) is 8.56. The zero-order valence-corrected chi connectivity index (χ0v) is 16.3.